The molecule has 1 aliphatic rings. The van der Waals surface area contributed by atoms with Crippen molar-refractivity contribution >= 4 is 64.6 Å². The number of carbonyl (C=O) groups excluding carboxylic acids is 3. The van der Waals surface area contributed by atoms with Crippen LogP contribution in [0.5, 0.6) is 0 Å². The van der Waals surface area contributed by atoms with Gasteiger partial charge in [-0.3, -0.25) is 14.4 Å². The molecule has 1 unspecified atom stereocenters. The first kappa shape index (κ1) is 25.8. The number of carbonyl (C=O) groups is 4. The number of hydrogen-bond donors (Lipinski definition) is 3. The Bertz CT molecular complexity index is 1050. The van der Waals surface area contributed by atoms with Crippen LogP contribution in [0.2, 0.25) is 0 Å². The summed E-state index contributed by atoms with van der Waals surface area (Å²) in [5, 5.41) is 14.2. The topological polar surface area (TPSA) is 116 Å². The molecule has 2 heterocycles. The van der Waals surface area contributed by atoms with Crippen LogP contribution in [0.3, 0.4) is 0 Å². The Morgan fingerprint density at radius 2 is 1.91 bits per heavy atom. The van der Waals surface area contributed by atoms with Gasteiger partial charge in [-0.15, -0.1) is 11.3 Å². The predicted octanol–water partition coefficient (Wildman–Crippen LogP) is 1.74. The molecule has 2 atom stereocenters. The molecule has 0 spiro atoms. The minimum atomic E-state index is -1.33. The quantitative estimate of drug-likeness (QED) is 0.426. The van der Waals surface area contributed by atoms with Crippen molar-refractivity contribution in [2.45, 2.75) is 31.8 Å². The maximum atomic E-state index is 12.5. The average molecular weight is 466 g/mol. The number of aryl methyl sites for hydroxylation is 1. The summed E-state index contributed by atoms with van der Waals surface area (Å²) in [7, 11) is 1.48. The number of aliphatic carboxylic acids is 1. The first-order valence-corrected chi connectivity index (χ1v) is 10.5. The molecular formula is C22H24N3NaO5S. The van der Waals surface area contributed by atoms with Gasteiger partial charge in [0, 0.05) is 35.5 Å². The number of ketones is 1. The van der Waals surface area contributed by atoms with Crippen LogP contribution in [0, 0.1) is 6.92 Å². The third-order valence-corrected chi connectivity index (χ3v) is 6.15. The molecule has 0 aliphatic carbocycles. The van der Waals surface area contributed by atoms with Crippen molar-refractivity contribution < 1.29 is 24.3 Å². The minimum absolute atomic E-state index is 0. The van der Waals surface area contributed by atoms with Gasteiger partial charge in [-0.25, -0.2) is 4.79 Å². The van der Waals surface area contributed by atoms with Gasteiger partial charge in [0.1, 0.15) is 0 Å². The van der Waals surface area contributed by atoms with Gasteiger partial charge in [0.15, 0.2) is 11.8 Å². The van der Waals surface area contributed by atoms with Crippen LogP contribution < -0.4 is 10.6 Å². The van der Waals surface area contributed by atoms with Crippen molar-refractivity contribution in [1.82, 2.24) is 15.5 Å². The summed E-state index contributed by atoms with van der Waals surface area (Å²) in [5.74, 6) is -2.18. The number of nitrogens with zero attached hydrogens (tertiary/aromatic N) is 1. The summed E-state index contributed by atoms with van der Waals surface area (Å²) >= 11 is 1.42. The van der Waals surface area contributed by atoms with Crippen LogP contribution in [0.15, 0.2) is 48.7 Å². The van der Waals surface area contributed by atoms with E-state index in [1.54, 1.807) is 6.07 Å². The van der Waals surface area contributed by atoms with Crippen molar-refractivity contribution in [1.29, 1.82) is 0 Å². The van der Waals surface area contributed by atoms with Gasteiger partial charge in [0.25, 0.3) is 5.91 Å². The molecule has 1 aliphatic heterocycles. The Labute approximate surface area is 212 Å². The van der Waals surface area contributed by atoms with Crippen LogP contribution in [-0.4, -0.2) is 76.3 Å². The molecule has 1 aromatic heterocycles. The zero-order valence-electron chi connectivity index (χ0n) is 17.1. The summed E-state index contributed by atoms with van der Waals surface area (Å²) in [6.45, 7) is 2.03. The van der Waals surface area contributed by atoms with E-state index in [2.05, 4.69) is 10.6 Å². The van der Waals surface area contributed by atoms with Crippen LogP contribution in [-0.2, 0) is 20.8 Å². The summed E-state index contributed by atoms with van der Waals surface area (Å²) in [5.41, 5.74) is 2.33. The zero-order valence-corrected chi connectivity index (χ0v) is 17.9. The van der Waals surface area contributed by atoms with Crippen molar-refractivity contribution in [3.63, 3.8) is 0 Å². The number of carboxylic acid groups (broad SMARTS) is 1. The molecule has 2 aromatic rings. The summed E-state index contributed by atoms with van der Waals surface area (Å²) in [6, 6.07) is 8.80. The summed E-state index contributed by atoms with van der Waals surface area (Å²) in [6.07, 6.45) is 2.91. The Kier molecular flexibility index (Phi) is 9.21. The molecule has 0 fully saturated rings. The molecule has 8 nitrogen and oxygen atoms in total. The number of carboxylic acids is 1. The molecule has 0 bridgehead atoms. The third-order valence-electron chi connectivity index (χ3n) is 4.95. The molecule has 0 radical (unpaired) electrons. The van der Waals surface area contributed by atoms with Gasteiger partial charge in [0.05, 0.1) is 12.5 Å². The van der Waals surface area contributed by atoms with E-state index >= 15 is 0 Å². The van der Waals surface area contributed by atoms with Crippen molar-refractivity contribution in [2.24, 2.45) is 0 Å². The Balaban J connectivity index is 0.00000363. The SMILES string of the molecule is Cc1ccccc1Cc1ccc([C@H](CC(=O)O)NC(=O)NC2C(=O)C=CN(C)C2=O)s1.[NaH]. The van der Waals surface area contributed by atoms with E-state index in [1.165, 1.54) is 41.1 Å². The third kappa shape index (κ3) is 6.52. The molecule has 10 heteroatoms. The van der Waals surface area contributed by atoms with Gasteiger partial charge < -0.3 is 20.6 Å². The first-order chi connectivity index (χ1) is 14.7. The second-order valence-corrected chi connectivity index (χ2v) is 8.48. The first-order valence-electron chi connectivity index (χ1n) is 9.65. The van der Waals surface area contributed by atoms with E-state index in [-0.39, 0.29) is 36.0 Å². The fourth-order valence-electron chi connectivity index (χ4n) is 3.21. The van der Waals surface area contributed by atoms with E-state index in [9.17, 15) is 24.3 Å². The molecule has 164 valence electrons. The van der Waals surface area contributed by atoms with Gasteiger partial charge in [0.2, 0.25) is 0 Å². The van der Waals surface area contributed by atoms with E-state index in [0.717, 1.165) is 10.4 Å². The second kappa shape index (κ2) is 11.4. The zero-order chi connectivity index (χ0) is 22.5. The van der Waals surface area contributed by atoms with Crippen LogP contribution in [0.4, 0.5) is 4.79 Å². The molecular weight excluding hydrogens is 441 g/mol. The number of hydrogen-bond acceptors (Lipinski definition) is 5. The van der Waals surface area contributed by atoms with Crippen LogP contribution >= 0.6 is 11.3 Å². The summed E-state index contributed by atoms with van der Waals surface area (Å²) < 4.78 is 0. The number of urea groups is 1. The molecule has 3 rings (SSSR count). The van der Waals surface area contributed by atoms with Gasteiger partial charge in [-0.1, -0.05) is 24.3 Å². The maximum absolute atomic E-state index is 12.5. The van der Waals surface area contributed by atoms with Crippen LogP contribution in [0.1, 0.15) is 33.3 Å². The summed E-state index contributed by atoms with van der Waals surface area (Å²) in [4.78, 5) is 50.8. The fraction of sp³-hybridized carbons (Fsp3) is 0.273. The molecule has 32 heavy (non-hydrogen) atoms. The monoisotopic (exact) mass is 465 g/mol. The van der Waals surface area contributed by atoms with E-state index in [4.69, 9.17) is 0 Å². The van der Waals surface area contributed by atoms with Crippen molar-refractivity contribution in [3.05, 3.63) is 69.6 Å². The average Bonchev–Trinajstić information content (AvgIpc) is 3.18. The number of likely N-dealkylation sites (N-methyl/N-ethyl adjacent to an activating group) is 1. The molecule has 0 saturated heterocycles. The second-order valence-electron chi connectivity index (χ2n) is 7.28. The number of benzene rings is 1. The Morgan fingerprint density at radius 3 is 2.59 bits per heavy atom. The predicted molar refractivity (Wildman–Crippen MR) is 123 cm³/mol. The Morgan fingerprint density at radius 1 is 1.19 bits per heavy atom. The van der Waals surface area contributed by atoms with Gasteiger partial charge >= 0.3 is 41.6 Å². The molecule has 3 N–H and O–H groups in total. The molecule has 0 saturated carbocycles. The van der Waals surface area contributed by atoms with Crippen molar-refractivity contribution in [2.75, 3.05) is 7.05 Å². The number of amides is 3. The van der Waals surface area contributed by atoms with Gasteiger partial charge in [-0.05, 0) is 30.2 Å². The molecule has 3 amide bonds. The Hall–Kier alpha value is -2.46. The van der Waals surface area contributed by atoms with Crippen LogP contribution in [0.25, 0.3) is 0 Å². The number of rotatable bonds is 7. The number of nitrogens with one attached hydrogen (secondary N) is 2. The number of thiophene rings is 1. The van der Waals surface area contributed by atoms with E-state index in [1.807, 2.05) is 37.3 Å². The normalized spacial score (nSPS) is 16.3. The fourth-order valence-corrected chi connectivity index (χ4v) is 4.30. The molecule has 1 aromatic carbocycles. The standard InChI is InChI=1S/C22H23N3O5S.Na.H/c1-13-5-3-4-6-14(13)11-15-7-8-18(31-15)16(12-19(27)28)23-22(30)24-20-17(26)9-10-25(2)21(20)29;;/h3-10,16,20H,11-12H2,1-2H3,(H,27,28)(H2,23,24,30);;/t16-,20?;;/m0../s1. The van der Waals surface area contributed by atoms with E-state index in [0.29, 0.717) is 11.3 Å². The van der Waals surface area contributed by atoms with E-state index < -0.39 is 35.8 Å². The van der Waals surface area contributed by atoms with Gasteiger partial charge in [-0.2, -0.15) is 0 Å². The van der Waals surface area contributed by atoms with Crippen molar-refractivity contribution in [3.8, 4) is 0 Å².